The third-order valence-electron chi connectivity index (χ3n) is 2.77. The Morgan fingerprint density at radius 2 is 1.85 bits per heavy atom. The van der Waals surface area contributed by atoms with Crippen molar-refractivity contribution in [3.05, 3.63) is 41.2 Å². The molecule has 0 bridgehead atoms. The van der Waals surface area contributed by atoms with Crippen LogP contribution in [0.4, 0.5) is 18.3 Å². The van der Waals surface area contributed by atoms with E-state index in [2.05, 4.69) is 28.5 Å². The van der Waals surface area contributed by atoms with Gasteiger partial charge in [-0.15, -0.1) is 0 Å². The van der Waals surface area contributed by atoms with Crippen LogP contribution in [0.3, 0.4) is 0 Å². The summed E-state index contributed by atoms with van der Waals surface area (Å²) in [5.74, 6) is -0.644. The van der Waals surface area contributed by atoms with Crippen LogP contribution in [0.1, 0.15) is 36.7 Å². The highest BCUT2D eigenvalue weighted by molar-refractivity contribution is 7.09. The molecule has 3 nitrogen and oxygen atoms in total. The van der Waals surface area contributed by atoms with Gasteiger partial charge in [-0.3, -0.25) is 0 Å². The summed E-state index contributed by atoms with van der Waals surface area (Å²) in [7, 11) is 0. The quantitative estimate of drug-likeness (QED) is 0.915. The molecule has 1 aromatic heterocycles. The van der Waals surface area contributed by atoms with Gasteiger partial charge in [-0.2, -0.15) is 22.5 Å². The van der Waals surface area contributed by atoms with Crippen LogP contribution in [0.2, 0.25) is 0 Å². The third kappa shape index (κ3) is 3.69. The van der Waals surface area contributed by atoms with Crippen LogP contribution >= 0.6 is 11.5 Å². The molecule has 2 rings (SSSR count). The zero-order valence-electron chi connectivity index (χ0n) is 11.0. The Morgan fingerprint density at radius 1 is 1.20 bits per heavy atom. The van der Waals surface area contributed by atoms with Gasteiger partial charge in [0.2, 0.25) is 11.0 Å². The van der Waals surface area contributed by atoms with E-state index in [9.17, 15) is 13.2 Å². The van der Waals surface area contributed by atoms with Crippen molar-refractivity contribution in [1.82, 2.24) is 9.36 Å². The molecule has 0 fully saturated rings. The van der Waals surface area contributed by atoms with Crippen molar-refractivity contribution in [2.45, 2.75) is 32.5 Å². The Kier molecular flexibility index (Phi) is 4.27. The first-order valence-corrected chi connectivity index (χ1v) is 6.87. The zero-order valence-corrected chi connectivity index (χ0v) is 11.8. The highest BCUT2D eigenvalue weighted by Crippen LogP contribution is 2.29. The van der Waals surface area contributed by atoms with Crippen LogP contribution in [0, 0.1) is 0 Å². The molecular weight excluding hydrogens is 287 g/mol. The van der Waals surface area contributed by atoms with Gasteiger partial charge in [-0.05, 0) is 17.0 Å². The second-order valence-corrected chi connectivity index (χ2v) is 5.42. The largest absolute Gasteiger partial charge is 0.452 e. The number of anilines is 1. The Bertz CT molecular complexity index is 561. The second kappa shape index (κ2) is 5.78. The van der Waals surface area contributed by atoms with Gasteiger partial charge in [0.25, 0.3) is 0 Å². The number of aromatic nitrogens is 2. The molecule has 0 unspecified atom stereocenters. The summed E-state index contributed by atoms with van der Waals surface area (Å²) in [6.07, 6.45) is -4.49. The van der Waals surface area contributed by atoms with Crippen LogP contribution in [0.5, 0.6) is 0 Å². The van der Waals surface area contributed by atoms with Gasteiger partial charge < -0.3 is 5.32 Å². The number of nitrogens with one attached hydrogen (secondary N) is 1. The highest BCUT2D eigenvalue weighted by Gasteiger charge is 2.36. The minimum absolute atomic E-state index is 0.172. The van der Waals surface area contributed by atoms with Crippen molar-refractivity contribution in [1.29, 1.82) is 0 Å². The predicted molar refractivity (Wildman–Crippen MR) is 72.8 cm³/mol. The molecular formula is C13H14F3N3S. The summed E-state index contributed by atoms with van der Waals surface area (Å²) in [4.78, 5) is 3.41. The van der Waals surface area contributed by atoms with Gasteiger partial charge in [0.15, 0.2) is 0 Å². The lowest BCUT2D eigenvalue weighted by Crippen LogP contribution is -2.07. The van der Waals surface area contributed by atoms with E-state index in [1.165, 1.54) is 5.56 Å². The number of nitrogens with zero attached hydrogens (tertiary/aromatic N) is 2. The maximum absolute atomic E-state index is 12.3. The topological polar surface area (TPSA) is 37.8 Å². The summed E-state index contributed by atoms with van der Waals surface area (Å²) in [6, 6.07) is 7.94. The number of hydrogen-bond donors (Lipinski definition) is 1. The van der Waals surface area contributed by atoms with Crippen molar-refractivity contribution in [3.63, 3.8) is 0 Å². The first kappa shape index (κ1) is 14.8. The van der Waals surface area contributed by atoms with Crippen molar-refractivity contribution in [2.75, 3.05) is 5.32 Å². The summed E-state index contributed by atoms with van der Waals surface area (Å²) in [5.41, 5.74) is 2.21. The molecule has 1 heterocycles. The Morgan fingerprint density at radius 3 is 2.35 bits per heavy atom. The van der Waals surface area contributed by atoms with E-state index < -0.39 is 12.0 Å². The van der Waals surface area contributed by atoms with Crippen LogP contribution in [0.15, 0.2) is 24.3 Å². The van der Waals surface area contributed by atoms with Crippen LogP contribution < -0.4 is 5.32 Å². The van der Waals surface area contributed by atoms with E-state index in [1.54, 1.807) is 0 Å². The van der Waals surface area contributed by atoms with E-state index in [4.69, 9.17) is 0 Å². The Labute approximate surface area is 119 Å². The maximum atomic E-state index is 12.3. The summed E-state index contributed by atoms with van der Waals surface area (Å²) in [6.45, 7) is 4.63. The monoisotopic (exact) mass is 301 g/mol. The normalized spacial score (nSPS) is 11.9. The minimum atomic E-state index is -4.49. The first-order chi connectivity index (χ1) is 9.36. The van der Waals surface area contributed by atoms with E-state index in [-0.39, 0.29) is 5.13 Å². The summed E-state index contributed by atoms with van der Waals surface area (Å²) in [5, 5.41) is 3.02. The number of halogens is 3. The van der Waals surface area contributed by atoms with Crippen LogP contribution in [-0.4, -0.2) is 9.36 Å². The van der Waals surface area contributed by atoms with Crippen LogP contribution in [0.25, 0.3) is 0 Å². The molecule has 0 spiro atoms. The fourth-order valence-electron chi connectivity index (χ4n) is 1.61. The molecule has 20 heavy (non-hydrogen) atoms. The van der Waals surface area contributed by atoms with Crippen LogP contribution in [-0.2, 0) is 12.7 Å². The van der Waals surface area contributed by atoms with Gasteiger partial charge in [0, 0.05) is 18.1 Å². The molecule has 0 aliphatic rings. The van der Waals surface area contributed by atoms with E-state index in [1.807, 2.05) is 24.3 Å². The van der Waals surface area contributed by atoms with Crippen molar-refractivity contribution in [3.8, 4) is 0 Å². The van der Waals surface area contributed by atoms with Crippen molar-refractivity contribution < 1.29 is 13.2 Å². The fraction of sp³-hybridized carbons (Fsp3) is 0.385. The molecule has 0 aliphatic carbocycles. The lowest BCUT2D eigenvalue weighted by molar-refractivity contribution is -0.144. The standard InChI is InChI=1S/C13H14F3N3S/c1-8(2)10-5-3-9(4-6-10)7-17-12-18-11(19-20-12)13(14,15)16/h3-6,8H,7H2,1-2H3,(H,17,18,19). The van der Waals surface area contributed by atoms with Crippen molar-refractivity contribution in [2.24, 2.45) is 0 Å². The average molecular weight is 301 g/mol. The van der Waals surface area contributed by atoms with Crippen molar-refractivity contribution >= 4 is 16.7 Å². The number of rotatable bonds is 4. The van der Waals surface area contributed by atoms with Gasteiger partial charge >= 0.3 is 6.18 Å². The SMILES string of the molecule is CC(C)c1ccc(CNc2nc(C(F)(F)F)ns2)cc1. The lowest BCUT2D eigenvalue weighted by atomic mass is 10.0. The molecule has 0 radical (unpaired) electrons. The molecule has 1 N–H and O–H groups in total. The average Bonchev–Trinajstić information content (AvgIpc) is 2.85. The minimum Gasteiger partial charge on any atom is -0.356 e. The highest BCUT2D eigenvalue weighted by atomic mass is 32.1. The second-order valence-electron chi connectivity index (χ2n) is 4.67. The van der Waals surface area contributed by atoms with E-state index in [0.717, 1.165) is 5.56 Å². The summed E-state index contributed by atoms with van der Waals surface area (Å²) < 4.78 is 40.3. The van der Waals surface area contributed by atoms with E-state index in [0.29, 0.717) is 24.0 Å². The number of hydrogen-bond acceptors (Lipinski definition) is 4. The van der Waals surface area contributed by atoms with Gasteiger partial charge in [-0.1, -0.05) is 38.1 Å². The Balaban J connectivity index is 1.96. The molecule has 108 valence electrons. The van der Waals surface area contributed by atoms with Gasteiger partial charge in [-0.25, -0.2) is 0 Å². The predicted octanol–water partition coefficient (Wildman–Crippen LogP) is 4.29. The molecule has 0 amide bonds. The molecule has 2 aromatic rings. The number of alkyl halides is 3. The first-order valence-electron chi connectivity index (χ1n) is 6.10. The van der Waals surface area contributed by atoms with Gasteiger partial charge in [0.1, 0.15) is 0 Å². The van der Waals surface area contributed by atoms with Gasteiger partial charge in [0.05, 0.1) is 0 Å². The molecule has 0 saturated carbocycles. The zero-order chi connectivity index (χ0) is 14.8. The maximum Gasteiger partial charge on any atom is 0.452 e. The Hall–Kier alpha value is -1.63. The lowest BCUT2D eigenvalue weighted by Gasteiger charge is -2.07. The van der Waals surface area contributed by atoms with E-state index >= 15 is 0 Å². The number of benzene rings is 1. The molecule has 7 heteroatoms. The smallest absolute Gasteiger partial charge is 0.356 e. The third-order valence-corrected chi connectivity index (χ3v) is 3.44. The molecule has 0 saturated heterocycles. The summed E-state index contributed by atoms with van der Waals surface area (Å²) >= 11 is 0.711. The molecule has 1 aromatic carbocycles. The fourth-order valence-corrected chi connectivity index (χ4v) is 2.19. The molecule has 0 atom stereocenters. The molecule has 0 aliphatic heterocycles.